The molecule has 0 aromatic carbocycles. The van der Waals surface area contributed by atoms with E-state index in [1.807, 2.05) is 29.0 Å². The molecule has 1 aliphatic rings. The molecule has 0 saturated carbocycles. The van der Waals surface area contributed by atoms with Crippen molar-refractivity contribution in [3.8, 4) is 11.5 Å². The first-order valence-electron chi connectivity index (χ1n) is 8.38. The van der Waals surface area contributed by atoms with Gasteiger partial charge in [0, 0.05) is 18.1 Å². The lowest BCUT2D eigenvalue weighted by Crippen LogP contribution is -2.11. The molecule has 1 atom stereocenters. The maximum atomic E-state index is 4.82. The summed E-state index contributed by atoms with van der Waals surface area (Å²) in [7, 11) is 1.91. The fourth-order valence-corrected chi connectivity index (χ4v) is 4.99. The summed E-state index contributed by atoms with van der Waals surface area (Å²) in [6.07, 6.45) is 8.38. The Morgan fingerprint density at radius 1 is 1.38 bits per heavy atom. The molecule has 0 aliphatic heterocycles. The lowest BCUT2D eigenvalue weighted by molar-refractivity contribution is 0.451. The fraction of sp³-hybridized carbons (Fsp3) is 0.412. The molecular weight excluding hydrogens is 320 g/mol. The van der Waals surface area contributed by atoms with Crippen molar-refractivity contribution in [2.45, 2.75) is 32.6 Å². The second-order valence-corrected chi connectivity index (χ2v) is 7.57. The molecule has 0 spiro atoms. The summed E-state index contributed by atoms with van der Waals surface area (Å²) in [5, 5.41) is 10.0. The third kappa shape index (κ3) is 1.94. The topological polar surface area (TPSA) is 60.9 Å². The van der Waals surface area contributed by atoms with Gasteiger partial charge in [-0.1, -0.05) is 13.3 Å². The van der Waals surface area contributed by atoms with Crippen LogP contribution in [0.2, 0.25) is 0 Å². The van der Waals surface area contributed by atoms with Gasteiger partial charge in [-0.15, -0.1) is 16.4 Å². The van der Waals surface area contributed by atoms with Gasteiger partial charge in [0.05, 0.1) is 5.39 Å². The Bertz CT molecular complexity index is 1060. The van der Waals surface area contributed by atoms with Crippen LogP contribution in [0.25, 0.3) is 27.4 Å². The van der Waals surface area contributed by atoms with E-state index in [2.05, 4.69) is 22.1 Å². The predicted octanol–water partition coefficient (Wildman–Crippen LogP) is 3.25. The van der Waals surface area contributed by atoms with Gasteiger partial charge in [0.15, 0.2) is 11.5 Å². The first kappa shape index (κ1) is 14.1. The number of rotatable bonds is 2. The van der Waals surface area contributed by atoms with E-state index in [4.69, 9.17) is 4.98 Å². The molecule has 1 aliphatic carbocycles. The minimum absolute atomic E-state index is 0.700. The number of hydrogen-bond acceptors (Lipinski definition) is 5. The van der Waals surface area contributed by atoms with Crippen molar-refractivity contribution in [2.75, 3.05) is 0 Å². The first-order valence-corrected chi connectivity index (χ1v) is 9.20. The molecule has 0 radical (unpaired) electrons. The maximum Gasteiger partial charge on any atom is 0.200 e. The van der Waals surface area contributed by atoms with Crippen molar-refractivity contribution in [1.82, 2.24) is 29.4 Å². The summed E-state index contributed by atoms with van der Waals surface area (Å²) < 4.78 is 3.61. The highest BCUT2D eigenvalue weighted by molar-refractivity contribution is 7.19. The molecule has 0 fully saturated rings. The van der Waals surface area contributed by atoms with Crippen LogP contribution < -0.4 is 0 Å². The first-order chi connectivity index (χ1) is 11.7. The molecule has 122 valence electrons. The maximum absolute atomic E-state index is 4.82. The zero-order chi connectivity index (χ0) is 16.3. The normalized spacial score (nSPS) is 17.7. The van der Waals surface area contributed by atoms with Crippen LogP contribution in [-0.2, 0) is 19.9 Å². The molecule has 0 bridgehead atoms. The third-order valence-electron chi connectivity index (χ3n) is 5.12. The molecule has 0 amide bonds. The molecule has 0 N–H and O–H groups in total. The smallest absolute Gasteiger partial charge is 0.200 e. The third-order valence-corrected chi connectivity index (χ3v) is 6.28. The van der Waals surface area contributed by atoms with Crippen LogP contribution in [0.3, 0.4) is 0 Å². The van der Waals surface area contributed by atoms with E-state index in [1.165, 1.54) is 35.1 Å². The second kappa shape index (κ2) is 5.11. The molecule has 4 heterocycles. The predicted molar refractivity (Wildman–Crippen MR) is 94.2 cm³/mol. The van der Waals surface area contributed by atoms with Gasteiger partial charge >= 0.3 is 0 Å². The molecule has 4 aromatic rings. The van der Waals surface area contributed by atoms with E-state index >= 15 is 0 Å². The molecule has 4 aromatic heterocycles. The van der Waals surface area contributed by atoms with Crippen LogP contribution in [0.1, 0.15) is 30.2 Å². The van der Waals surface area contributed by atoms with Crippen molar-refractivity contribution >= 4 is 27.2 Å². The van der Waals surface area contributed by atoms with Crippen molar-refractivity contribution < 1.29 is 0 Å². The van der Waals surface area contributed by atoms with Crippen molar-refractivity contribution in [3.63, 3.8) is 0 Å². The number of fused-ring (bicyclic) bond motifs is 5. The van der Waals surface area contributed by atoms with E-state index in [9.17, 15) is 0 Å². The highest BCUT2D eigenvalue weighted by atomic mass is 32.1. The zero-order valence-electron chi connectivity index (χ0n) is 13.7. The van der Waals surface area contributed by atoms with Crippen LogP contribution in [0.15, 0.2) is 18.6 Å². The monoisotopic (exact) mass is 338 g/mol. The standard InChI is InChI=1S/C17H18N6S/c1-3-10-4-5-11-13(8-10)24-17-14(11)16-20-15(21-23(16)9-18-17)12-6-7-19-22(12)2/h6-7,9-10H,3-5,8H2,1-2H3/t10-/m1/s1. The van der Waals surface area contributed by atoms with Gasteiger partial charge in [0.25, 0.3) is 0 Å². The van der Waals surface area contributed by atoms with Crippen molar-refractivity contribution in [1.29, 1.82) is 0 Å². The number of aryl methyl sites for hydroxylation is 2. The van der Waals surface area contributed by atoms with Gasteiger partial charge in [-0.25, -0.2) is 14.5 Å². The van der Waals surface area contributed by atoms with Gasteiger partial charge in [-0.3, -0.25) is 4.68 Å². The highest BCUT2D eigenvalue weighted by Crippen LogP contribution is 2.39. The number of nitrogens with zero attached hydrogens (tertiary/aromatic N) is 6. The SMILES string of the molecule is CC[C@@H]1CCc2c(sc3ncn4nc(-c5ccnn5C)nc4c23)C1. The Morgan fingerprint density at radius 3 is 3.08 bits per heavy atom. The Labute approximate surface area is 143 Å². The molecule has 0 unspecified atom stereocenters. The minimum atomic E-state index is 0.700. The molecule has 0 saturated heterocycles. The average Bonchev–Trinajstić information content (AvgIpc) is 3.28. The van der Waals surface area contributed by atoms with Crippen LogP contribution in [0.4, 0.5) is 0 Å². The zero-order valence-corrected chi connectivity index (χ0v) is 14.5. The number of thiophene rings is 1. The summed E-state index contributed by atoms with van der Waals surface area (Å²) >= 11 is 1.83. The van der Waals surface area contributed by atoms with Crippen LogP contribution in [0.5, 0.6) is 0 Å². The van der Waals surface area contributed by atoms with Crippen molar-refractivity contribution in [3.05, 3.63) is 29.0 Å². The van der Waals surface area contributed by atoms with Crippen LogP contribution in [-0.4, -0.2) is 29.4 Å². The summed E-state index contributed by atoms with van der Waals surface area (Å²) in [5.41, 5.74) is 3.28. The molecule has 6 nitrogen and oxygen atoms in total. The Morgan fingerprint density at radius 2 is 2.29 bits per heavy atom. The Kier molecular flexibility index (Phi) is 3.00. The molecular formula is C17H18N6S. The largest absolute Gasteiger partial charge is 0.265 e. The van der Waals surface area contributed by atoms with E-state index in [0.29, 0.717) is 5.82 Å². The summed E-state index contributed by atoms with van der Waals surface area (Å²) in [4.78, 5) is 12.0. The quantitative estimate of drug-likeness (QED) is 0.563. The molecule has 24 heavy (non-hydrogen) atoms. The van der Waals surface area contributed by atoms with E-state index in [1.54, 1.807) is 17.2 Å². The summed E-state index contributed by atoms with van der Waals surface area (Å²) in [6.45, 7) is 2.29. The number of hydrogen-bond donors (Lipinski definition) is 0. The van der Waals surface area contributed by atoms with Gasteiger partial charge < -0.3 is 0 Å². The molecule has 5 rings (SSSR count). The lowest BCUT2D eigenvalue weighted by Gasteiger charge is -2.20. The van der Waals surface area contributed by atoms with Gasteiger partial charge in [-0.2, -0.15) is 5.10 Å². The summed E-state index contributed by atoms with van der Waals surface area (Å²) in [6, 6.07) is 1.94. The molecule has 7 heteroatoms. The van der Waals surface area contributed by atoms with Gasteiger partial charge in [0.2, 0.25) is 0 Å². The second-order valence-electron chi connectivity index (χ2n) is 6.49. The van der Waals surface area contributed by atoms with E-state index in [-0.39, 0.29) is 0 Å². The Hall–Kier alpha value is -2.28. The van der Waals surface area contributed by atoms with E-state index in [0.717, 1.165) is 28.5 Å². The Balaban J connectivity index is 1.74. The minimum Gasteiger partial charge on any atom is -0.265 e. The average molecular weight is 338 g/mol. The van der Waals surface area contributed by atoms with Crippen LogP contribution >= 0.6 is 11.3 Å². The van der Waals surface area contributed by atoms with Crippen LogP contribution in [0, 0.1) is 5.92 Å². The summed E-state index contributed by atoms with van der Waals surface area (Å²) in [5.74, 6) is 1.51. The lowest BCUT2D eigenvalue weighted by atomic mass is 9.86. The fourth-order valence-electron chi connectivity index (χ4n) is 3.69. The van der Waals surface area contributed by atoms with E-state index < -0.39 is 0 Å². The van der Waals surface area contributed by atoms with Gasteiger partial charge in [-0.05, 0) is 36.8 Å². The van der Waals surface area contributed by atoms with Crippen molar-refractivity contribution in [2.24, 2.45) is 13.0 Å². The highest BCUT2D eigenvalue weighted by Gasteiger charge is 2.25. The number of aromatic nitrogens is 6. The van der Waals surface area contributed by atoms with Gasteiger partial charge in [0.1, 0.15) is 16.9 Å².